The molecule has 1 aromatic carbocycles. The zero-order valence-electron chi connectivity index (χ0n) is 13.7. The van der Waals surface area contributed by atoms with Crippen molar-refractivity contribution in [1.82, 2.24) is 19.9 Å². The Balaban J connectivity index is 1.80. The maximum atomic E-state index is 12.9. The molecule has 25 heavy (non-hydrogen) atoms. The lowest BCUT2D eigenvalue weighted by molar-refractivity contribution is 0.0740. The van der Waals surface area contributed by atoms with Gasteiger partial charge in [0.15, 0.2) is 11.5 Å². The number of rotatable bonds is 6. The molecule has 0 saturated carbocycles. The third-order valence-electron chi connectivity index (χ3n) is 3.85. The topological polar surface area (TPSA) is 85.0 Å². The first-order valence-electron chi connectivity index (χ1n) is 8.02. The van der Waals surface area contributed by atoms with Crippen LogP contribution in [-0.4, -0.2) is 32.3 Å². The largest absolute Gasteiger partial charge is 0.382 e. The van der Waals surface area contributed by atoms with Gasteiger partial charge in [-0.15, -0.1) is 0 Å². The van der Waals surface area contributed by atoms with E-state index in [1.54, 1.807) is 17.3 Å². The second-order valence-electron chi connectivity index (χ2n) is 5.61. The molecule has 0 radical (unpaired) electrons. The van der Waals surface area contributed by atoms with Gasteiger partial charge in [0.1, 0.15) is 0 Å². The summed E-state index contributed by atoms with van der Waals surface area (Å²) in [5.41, 5.74) is 8.18. The number of anilines is 1. The van der Waals surface area contributed by atoms with E-state index < -0.39 is 0 Å². The van der Waals surface area contributed by atoms with E-state index in [0.717, 1.165) is 12.0 Å². The lowest BCUT2D eigenvalue weighted by Gasteiger charge is -2.23. The van der Waals surface area contributed by atoms with Gasteiger partial charge in [0.05, 0.1) is 0 Å². The van der Waals surface area contributed by atoms with Crippen LogP contribution in [0.2, 0.25) is 0 Å². The Bertz CT molecular complexity index is 823. The van der Waals surface area contributed by atoms with Gasteiger partial charge in [-0.05, 0) is 29.7 Å². The minimum absolute atomic E-state index is 0.145. The van der Waals surface area contributed by atoms with Crippen molar-refractivity contribution in [3.8, 4) is 0 Å². The van der Waals surface area contributed by atoms with E-state index in [-0.39, 0.29) is 17.4 Å². The fourth-order valence-corrected chi connectivity index (χ4v) is 2.53. The lowest BCUT2D eigenvalue weighted by atomic mass is 10.1. The van der Waals surface area contributed by atoms with E-state index in [1.807, 2.05) is 42.5 Å². The molecule has 126 valence electrons. The highest BCUT2D eigenvalue weighted by molar-refractivity contribution is 5.96. The molecule has 3 aromatic rings. The Morgan fingerprint density at radius 1 is 0.920 bits per heavy atom. The standard InChI is InChI=1S/C19H19N5O/c20-18-17(22-11-12-23-18)19(25)24(14-16-6-9-21-10-7-16)13-8-15-4-2-1-3-5-15/h1-7,9-12H,8,13-14H2,(H2,20,23). The molecule has 0 fully saturated rings. The van der Waals surface area contributed by atoms with Crippen LogP contribution in [0.15, 0.2) is 67.3 Å². The molecule has 6 heteroatoms. The smallest absolute Gasteiger partial charge is 0.276 e. The van der Waals surface area contributed by atoms with Crippen LogP contribution in [0.25, 0.3) is 0 Å². The van der Waals surface area contributed by atoms with E-state index in [4.69, 9.17) is 5.73 Å². The van der Waals surface area contributed by atoms with Crippen molar-refractivity contribution < 1.29 is 4.79 Å². The van der Waals surface area contributed by atoms with Crippen molar-refractivity contribution in [3.63, 3.8) is 0 Å². The molecule has 2 N–H and O–H groups in total. The summed E-state index contributed by atoms with van der Waals surface area (Å²) in [6.07, 6.45) is 7.13. The zero-order valence-corrected chi connectivity index (χ0v) is 13.7. The molecule has 0 bridgehead atoms. The van der Waals surface area contributed by atoms with Gasteiger partial charge in [-0.1, -0.05) is 30.3 Å². The summed E-state index contributed by atoms with van der Waals surface area (Å²) in [4.78, 5) is 26.7. The summed E-state index contributed by atoms with van der Waals surface area (Å²) in [5, 5.41) is 0. The van der Waals surface area contributed by atoms with Gasteiger partial charge in [0, 0.05) is 37.9 Å². The molecule has 1 amide bonds. The van der Waals surface area contributed by atoms with Gasteiger partial charge in [0.2, 0.25) is 0 Å². The van der Waals surface area contributed by atoms with E-state index in [2.05, 4.69) is 15.0 Å². The highest BCUT2D eigenvalue weighted by Crippen LogP contribution is 2.13. The Morgan fingerprint density at radius 2 is 1.64 bits per heavy atom. The van der Waals surface area contributed by atoms with Crippen molar-refractivity contribution in [2.45, 2.75) is 13.0 Å². The number of carbonyl (C=O) groups is 1. The molecule has 0 spiro atoms. The van der Waals surface area contributed by atoms with Crippen LogP contribution in [0.3, 0.4) is 0 Å². The highest BCUT2D eigenvalue weighted by Gasteiger charge is 2.20. The van der Waals surface area contributed by atoms with E-state index >= 15 is 0 Å². The molecule has 0 aliphatic heterocycles. The van der Waals surface area contributed by atoms with Gasteiger partial charge in [-0.2, -0.15) is 0 Å². The third-order valence-corrected chi connectivity index (χ3v) is 3.85. The monoisotopic (exact) mass is 333 g/mol. The average molecular weight is 333 g/mol. The molecular weight excluding hydrogens is 314 g/mol. The second-order valence-corrected chi connectivity index (χ2v) is 5.61. The van der Waals surface area contributed by atoms with E-state index in [1.165, 1.54) is 18.0 Å². The van der Waals surface area contributed by atoms with Gasteiger partial charge >= 0.3 is 0 Å². The maximum Gasteiger partial charge on any atom is 0.276 e. The van der Waals surface area contributed by atoms with Crippen LogP contribution in [0, 0.1) is 0 Å². The first-order valence-corrected chi connectivity index (χ1v) is 8.02. The number of carbonyl (C=O) groups excluding carboxylic acids is 1. The van der Waals surface area contributed by atoms with Gasteiger partial charge < -0.3 is 10.6 Å². The Morgan fingerprint density at radius 3 is 2.36 bits per heavy atom. The minimum Gasteiger partial charge on any atom is -0.382 e. The molecule has 6 nitrogen and oxygen atoms in total. The Hall–Kier alpha value is -3.28. The number of aromatic nitrogens is 3. The number of pyridine rings is 1. The first kappa shape index (κ1) is 16.6. The van der Waals surface area contributed by atoms with Gasteiger partial charge in [-0.3, -0.25) is 9.78 Å². The Labute approximate surface area is 146 Å². The molecule has 0 unspecified atom stereocenters. The number of amides is 1. The van der Waals surface area contributed by atoms with E-state index in [9.17, 15) is 4.79 Å². The van der Waals surface area contributed by atoms with Crippen LogP contribution in [0.5, 0.6) is 0 Å². The quantitative estimate of drug-likeness (QED) is 0.748. The predicted molar refractivity (Wildman–Crippen MR) is 95.6 cm³/mol. The minimum atomic E-state index is -0.224. The molecule has 2 heterocycles. The van der Waals surface area contributed by atoms with Crippen molar-refractivity contribution in [2.75, 3.05) is 12.3 Å². The zero-order chi connectivity index (χ0) is 17.5. The average Bonchev–Trinajstić information content (AvgIpc) is 2.66. The summed E-state index contributed by atoms with van der Waals surface area (Å²) in [7, 11) is 0. The van der Waals surface area contributed by atoms with Crippen LogP contribution in [0.4, 0.5) is 5.82 Å². The fourth-order valence-electron chi connectivity index (χ4n) is 2.53. The van der Waals surface area contributed by atoms with Crippen LogP contribution in [0.1, 0.15) is 21.6 Å². The van der Waals surface area contributed by atoms with Crippen LogP contribution < -0.4 is 5.73 Å². The molecule has 0 aliphatic carbocycles. The number of hydrogen-bond acceptors (Lipinski definition) is 5. The number of nitrogens with zero attached hydrogens (tertiary/aromatic N) is 4. The number of benzene rings is 1. The maximum absolute atomic E-state index is 12.9. The SMILES string of the molecule is Nc1nccnc1C(=O)N(CCc1ccccc1)Cc1ccncc1. The first-order chi connectivity index (χ1) is 12.2. The van der Waals surface area contributed by atoms with Crippen molar-refractivity contribution in [3.05, 3.63) is 84.1 Å². The molecule has 0 atom stereocenters. The van der Waals surface area contributed by atoms with E-state index in [0.29, 0.717) is 13.1 Å². The summed E-state index contributed by atoms with van der Waals surface area (Å²) in [5.74, 6) is -0.0784. The van der Waals surface area contributed by atoms with Crippen molar-refractivity contribution in [1.29, 1.82) is 0 Å². The van der Waals surface area contributed by atoms with Crippen molar-refractivity contribution in [2.24, 2.45) is 0 Å². The summed E-state index contributed by atoms with van der Waals surface area (Å²) < 4.78 is 0. The summed E-state index contributed by atoms with van der Waals surface area (Å²) in [6, 6.07) is 13.8. The summed E-state index contributed by atoms with van der Waals surface area (Å²) in [6.45, 7) is 1.02. The summed E-state index contributed by atoms with van der Waals surface area (Å²) >= 11 is 0. The molecule has 0 saturated heterocycles. The number of nitrogen functional groups attached to an aromatic ring is 1. The highest BCUT2D eigenvalue weighted by atomic mass is 16.2. The fraction of sp³-hybridized carbons (Fsp3) is 0.158. The van der Waals surface area contributed by atoms with Crippen molar-refractivity contribution >= 4 is 11.7 Å². The van der Waals surface area contributed by atoms with Crippen LogP contribution >= 0.6 is 0 Å². The lowest BCUT2D eigenvalue weighted by Crippen LogP contribution is -2.33. The predicted octanol–water partition coefficient (Wildman–Crippen LogP) is 2.34. The molecule has 3 rings (SSSR count). The number of nitrogens with two attached hydrogens (primary N) is 1. The van der Waals surface area contributed by atoms with Gasteiger partial charge in [0.25, 0.3) is 5.91 Å². The normalized spacial score (nSPS) is 10.4. The van der Waals surface area contributed by atoms with Gasteiger partial charge in [-0.25, -0.2) is 9.97 Å². The third kappa shape index (κ3) is 4.38. The molecular formula is C19H19N5O. The molecule has 0 aliphatic rings. The molecule has 2 aromatic heterocycles. The van der Waals surface area contributed by atoms with Crippen LogP contribution in [-0.2, 0) is 13.0 Å². The Kier molecular flexibility index (Phi) is 5.31. The second kappa shape index (κ2) is 8.01. The number of hydrogen-bond donors (Lipinski definition) is 1.